The number of hydrogen-bond acceptors (Lipinski definition) is 5. The van der Waals surface area contributed by atoms with Gasteiger partial charge in [0.05, 0.1) is 34.1 Å². The molecule has 0 saturated heterocycles. The van der Waals surface area contributed by atoms with Gasteiger partial charge in [-0.25, -0.2) is 18.0 Å². The average molecular weight is 417 g/mol. The zero-order chi connectivity index (χ0) is 21.0. The van der Waals surface area contributed by atoms with Gasteiger partial charge >= 0.3 is 11.9 Å². The number of halogens is 3. The molecule has 13 heteroatoms. The van der Waals surface area contributed by atoms with E-state index in [1.165, 1.54) is 17.8 Å². The van der Waals surface area contributed by atoms with Crippen molar-refractivity contribution in [3.05, 3.63) is 50.3 Å². The molecule has 0 saturated carbocycles. The minimum atomic E-state index is -4.78. The lowest BCUT2D eigenvalue weighted by molar-refractivity contribution is -0.137. The summed E-state index contributed by atoms with van der Waals surface area (Å²) in [5.74, 6) is 0. The van der Waals surface area contributed by atoms with Crippen LogP contribution in [-0.2, 0) is 23.2 Å². The van der Waals surface area contributed by atoms with Crippen LogP contribution in [0.2, 0.25) is 0 Å². The Hall–Kier alpha value is -3.09. The van der Waals surface area contributed by atoms with Gasteiger partial charge in [-0.3, -0.25) is 9.48 Å². The third kappa shape index (κ3) is 3.52. The number of sulfonamides is 1. The molecule has 9 nitrogen and oxygen atoms in total. The maximum atomic E-state index is 13.6. The second-order valence-electron chi connectivity index (χ2n) is 6.17. The summed E-state index contributed by atoms with van der Waals surface area (Å²) < 4.78 is 65.0. The highest BCUT2D eigenvalue weighted by Crippen LogP contribution is 2.38. The fourth-order valence-electron chi connectivity index (χ4n) is 2.82. The molecule has 0 atom stereocenters. The molecule has 2 heterocycles. The van der Waals surface area contributed by atoms with Gasteiger partial charge < -0.3 is 4.98 Å². The predicted octanol–water partition coefficient (Wildman–Crippen LogP) is 0.921. The molecule has 0 amide bonds. The lowest BCUT2D eigenvalue weighted by Gasteiger charge is -2.15. The Bertz CT molecular complexity index is 1320. The van der Waals surface area contributed by atoms with Crippen LogP contribution in [0.3, 0.4) is 0 Å². The van der Waals surface area contributed by atoms with Crippen molar-refractivity contribution in [3.8, 4) is 11.3 Å². The Kier molecular flexibility index (Phi) is 4.37. The molecule has 28 heavy (non-hydrogen) atoms. The number of fused-ring (bicyclic) bond motifs is 1. The smallest absolute Gasteiger partial charge is 0.305 e. The molecule has 2 aromatic heterocycles. The van der Waals surface area contributed by atoms with Gasteiger partial charge in [0.15, 0.2) is 0 Å². The van der Waals surface area contributed by atoms with Crippen LogP contribution in [0, 0.1) is 6.92 Å². The van der Waals surface area contributed by atoms with Crippen molar-refractivity contribution in [2.75, 3.05) is 11.1 Å². The van der Waals surface area contributed by atoms with E-state index >= 15 is 0 Å². The van der Waals surface area contributed by atoms with E-state index in [-0.39, 0.29) is 26.8 Å². The van der Waals surface area contributed by atoms with Crippen molar-refractivity contribution in [3.63, 3.8) is 0 Å². The summed E-state index contributed by atoms with van der Waals surface area (Å²) in [7, 11) is -2.54. The van der Waals surface area contributed by atoms with Gasteiger partial charge in [-0.05, 0) is 25.1 Å². The zero-order valence-corrected chi connectivity index (χ0v) is 15.6. The molecule has 0 aliphatic rings. The summed E-state index contributed by atoms with van der Waals surface area (Å²) in [5, 5.41) is 3.70. The van der Waals surface area contributed by atoms with E-state index in [4.69, 9.17) is 0 Å². The number of aromatic nitrogens is 4. The standard InChI is InChI=1S/C15H14F3N5O4S/c1-7-4-12(22(2)20-7)8-5-9-11(6-10(8)15(16,17)18)19-14(25)23(13(9)24)21-28(3,26)27/h4-6,21H,1-3H3,(H,19,25). The van der Waals surface area contributed by atoms with E-state index in [2.05, 4.69) is 10.1 Å². The lowest BCUT2D eigenvalue weighted by atomic mass is 10.0. The molecule has 3 rings (SSSR count). The zero-order valence-electron chi connectivity index (χ0n) is 14.7. The Labute approximate surface area is 155 Å². The number of benzene rings is 1. The van der Waals surface area contributed by atoms with Crippen molar-refractivity contribution in [1.29, 1.82) is 0 Å². The van der Waals surface area contributed by atoms with E-state index in [1.807, 2.05) is 0 Å². The first-order valence-corrected chi connectivity index (χ1v) is 9.56. The largest absolute Gasteiger partial charge is 0.417 e. The van der Waals surface area contributed by atoms with Crippen LogP contribution < -0.4 is 16.1 Å². The summed E-state index contributed by atoms with van der Waals surface area (Å²) >= 11 is 0. The Balaban J connectivity index is 2.44. The predicted molar refractivity (Wildman–Crippen MR) is 95.0 cm³/mol. The minimum Gasteiger partial charge on any atom is -0.305 e. The van der Waals surface area contributed by atoms with Crippen LogP contribution in [0.4, 0.5) is 13.2 Å². The number of rotatable bonds is 3. The molecule has 150 valence electrons. The van der Waals surface area contributed by atoms with E-state index < -0.39 is 33.0 Å². The maximum absolute atomic E-state index is 13.6. The van der Waals surface area contributed by atoms with Crippen LogP contribution in [0.15, 0.2) is 27.8 Å². The highest BCUT2D eigenvalue weighted by atomic mass is 32.2. The summed E-state index contributed by atoms with van der Waals surface area (Å²) in [5.41, 5.74) is -3.57. The van der Waals surface area contributed by atoms with Crippen molar-refractivity contribution in [2.24, 2.45) is 7.05 Å². The maximum Gasteiger partial charge on any atom is 0.417 e. The molecule has 0 fully saturated rings. The molecule has 1 aromatic carbocycles. The number of alkyl halides is 3. The Morgan fingerprint density at radius 3 is 2.32 bits per heavy atom. The highest BCUT2D eigenvalue weighted by Gasteiger charge is 2.35. The van der Waals surface area contributed by atoms with Gasteiger partial charge in [0.2, 0.25) is 10.0 Å². The first-order chi connectivity index (χ1) is 12.8. The van der Waals surface area contributed by atoms with Gasteiger partial charge in [-0.2, -0.15) is 22.9 Å². The number of H-pyrrole nitrogens is 1. The van der Waals surface area contributed by atoms with Crippen molar-refractivity contribution in [1.82, 2.24) is 19.4 Å². The normalized spacial score (nSPS) is 12.5. The Morgan fingerprint density at radius 2 is 1.82 bits per heavy atom. The lowest BCUT2D eigenvalue weighted by Crippen LogP contribution is -2.43. The molecule has 0 radical (unpaired) electrons. The van der Waals surface area contributed by atoms with Crippen molar-refractivity contribution >= 4 is 20.9 Å². The SMILES string of the molecule is Cc1cc(-c2cc3c(=O)n(NS(C)(=O)=O)c(=O)[nH]c3cc2C(F)(F)F)n(C)n1. The summed E-state index contributed by atoms with van der Waals surface area (Å²) in [6.07, 6.45) is -4.06. The number of aryl methyl sites for hydroxylation is 2. The van der Waals surface area contributed by atoms with E-state index in [0.717, 1.165) is 12.3 Å². The van der Waals surface area contributed by atoms with Gasteiger partial charge in [0.25, 0.3) is 5.56 Å². The van der Waals surface area contributed by atoms with Crippen LogP contribution in [0.1, 0.15) is 11.3 Å². The average Bonchev–Trinajstić information content (AvgIpc) is 2.87. The molecular formula is C15H14F3N5O4S. The van der Waals surface area contributed by atoms with Gasteiger partial charge in [0.1, 0.15) is 0 Å². The number of nitrogens with zero attached hydrogens (tertiary/aromatic N) is 3. The van der Waals surface area contributed by atoms with E-state index in [9.17, 15) is 31.2 Å². The Morgan fingerprint density at radius 1 is 1.18 bits per heavy atom. The third-order valence-corrected chi connectivity index (χ3v) is 4.39. The first-order valence-electron chi connectivity index (χ1n) is 7.67. The molecule has 3 aromatic rings. The second-order valence-corrected chi connectivity index (χ2v) is 7.90. The number of aromatic amines is 1. The van der Waals surface area contributed by atoms with Crippen molar-refractivity contribution < 1.29 is 21.6 Å². The summed E-state index contributed by atoms with van der Waals surface area (Å²) in [6.45, 7) is 1.60. The second kappa shape index (κ2) is 6.22. The highest BCUT2D eigenvalue weighted by molar-refractivity contribution is 7.91. The van der Waals surface area contributed by atoms with Crippen LogP contribution >= 0.6 is 0 Å². The van der Waals surface area contributed by atoms with Gasteiger partial charge in [-0.15, -0.1) is 0 Å². The molecule has 0 bridgehead atoms. The fourth-order valence-corrected chi connectivity index (χ4v) is 3.32. The molecule has 2 N–H and O–H groups in total. The molecule has 0 aliphatic heterocycles. The van der Waals surface area contributed by atoms with Gasteiger partial charge in [-0.1, -0.05) is 0 Å². The van der Waals surface area contributed by atoms with Crippen LogP contribution in [0.5, 0.6) is 0 Å². The number of hydrogen-bond donors (Lipinski definition) is 2. The van der Waals surface area contributed by atoms with E-state index in [0.29, 0.717) is 11.8 Å². The third-order valence-electron chi connectivity index (χ3n) is 3.88. The monoisotopic (exact) mass is 417 g/mol. The quantitative estimate of drug-likeness (QED) is 0.657. The topological polar surface area (TPSA) is 119 Å². The fraction of sp³-hybridized carbons (Fsp3) is 0.267. The van der Waals surface area contributed by atoms with Crippen LogP contribution in [0.25, 0.3) is 22.2 Å². The first kappa shape index (κ1) is 19.7. The summed E-state index contributed by atoms with van der Waals surface area (Å²) in [4.78, 5) is 28.4. The van der Waals surface area contributed by atoms with Gasteiger partial charge in [0, 0.05) is 12.6 Å². The molecule has 0 unspecified atom stereocenters. The van der Waals surface area contributed by atoms with E-state index in [1.54, 1.807) is 11.8 Å². The van der Waals surface area contributed by atoms with Crippen LogP contribution in [-0.4, -0.2) is 34.1 Å². The van der Waals surface area contributed by atoms with Crippen molar-refractivity contribution in [2.45, 2.75) is 13.1 Å². The molecular weight excluding hydrogens is 403 g/mol. The minimum absolute atomic E-state index is 0.0972. The summed E-state index contributed by atoms with van der Waals surface area (Å²) in [6, 6.07) is 3.00. The molecule has 0 aliphatic carbocycles. The molecule has 0 spiro atoms. The number of nitrogens with one attached hydrogen (secondary N) is 2.